The van der Waals surface area contributed by atoms with Crippen LogP contribution in [0.5, 0.6) is 0 Å². The number of nitrogens with one attached hydrogen (secondary N) is 1. The molecule has 2 N–H and O–H groups in total. The van der Waals surface area contributed by atoms with Crippen molar-refractivity contribution < 1.29 is 14.6 Å². The summed E-state index contributed by atoms with van der Waals surface area (Å²) in [5, 5.41) is 15.3. The first kappa shape index (κ1) is 23.6. The monoisotopic (exact) mass is 455 g/mol. The maximum atomic E-state index is 11.5. The first-order valence-electron chi connectivity index (χ1n) is 13.6. The smallest absolute Gasteiger partial charge is 0.302 e. The zero-order valence-corrected chi connectivity index (χ0v) is 21.4. The van der Waals surface area contributed by atoms with Crippen molar-refractivity contribution in [3.63, 3.8) is 0 Å². The number of rotatable bonds is 3. The molecule has 0 amide bonds. The minimum Gasteiger partial charge on any atom is -0.462 e. The van der Waals surface area contributed by atoms with Gasteiger partial charge in [-0.1, -0.05) is 51.0 Å². The fourth-order valence-electron chi connectivity index (χ4n) is 8.74. The van der Waals surface area contributed by atoms with Gasteiger partial charge in [-0.25, -0.2) is 0 Å². The molecule has 5 rings (SSSR count). The Morgan fingerprint density at radius 3 is 2.70 bits per heavy atom. The molecule has 0 aromatic heterocycles. The third kappa shape index (κ3) is 3.75. The van der Waals surface area contributed by atoms with Crippen LogP contribution in [0.2, 0.25) is 0 Å². The van der Waals surface area contributed by atoms with Crippen molar-refractivity contribution in [2.24, 2.45) is 40.4 Å². The van der Waals surface area contributed by atoms with Crippen LogP contribution in [0.1, 0.15) is 86.0 Å². The second-order valence-electron chi connectivity index (χ2n) is 12.6. The highest BCUT2D eigenvalue weighted by Crippen LogP contribution is 2.64. The van der Waals surface area contributed by atoms with Crippen LogP contribution in [-0.2, 0) is 9.53 Å². The van der Waals surface area contributed by atoms with Gasteiger partial charge >= 0.3 is 5.97 Å². The molecule has 3 fully saturated rings. The Morgan fingerprint density at radius 2 is 2.00 bits per heavy atom. The summed E-state index contributed by atoms with van der Waals surface area (Å²) in [5.41, 5.74) is 3.18. The molecule has 0 aromatic rings. The lowest BCUT2D eigenvalue weighted by Crippen LogP contribution is -2.50. The SMILES string of the molecule is CC(=O)O[C@H]1CC[C@@]2(C)C(=CC[C@H]3[C@@H]4C[C@H](O)[C@@](C)([C@H](C)[C@@H]5CC[C@H](C)CN5)C4=CC[C@@H]32)C1. The molecule has 0 aromatic carbocycles. The second-order valence-corrected chi connectivity index (χ2v) is 12.6. The average Bonchev–Trinajstić information content (AvgIpc) is 3.05. The lowest BCUT2D eigenvalue weighted by atomic mass is 9.51. The second kappa shape index (κ2) is 8.52. The van der Waals surface area contributed by atoms with Crippen LogP contribution >= 0.6 is 0 Å². The predicted molar refractivity (Wildman–Crippen MR) is 131 cm³/mol. The van der Waals surface area contributed by atoms with E-state index in [4.69, 9.17) is 4.74 Å². The van der Waals surface area contributed by atoms with E-state index in [-0.39, 0.29) is 29.0 Å². The molecular weight excluding hydrogens is 410 g/mol. The van der Waals surface area contributed by atoms with Gasteiger partial charge in [0.05, 0.1) is 6.10 Å². The molecule has 33 heavy (non-hydrogen) atoms. The van der Waals surface area contributed by atoms with E-state index in [0.717, 1.165) is 51.0 Å². The van der Waals surface area contributed by atoms with E-state index in [0.29, 0.717) is 29.7 Å². The number of allylic oxidation sites excluding steroid dienone is 2. The molecule has 5 aliphatic rings. The van der Waals surface area contributed by atoms with E-state index in [1.807, 2.05) is 0 Å². The lowest BCUT2D eigenvalue weighted by molar-refractivity contribution is -0.148. The van der Waals surface area contributed by atoms with E-state index in [1.54, 1.807) is 5.57 Å². The number of hydrogen-bond acceptors (Lipinski definition) is 4. The number of ether oxygens (including phenoxy) is 1. The van der Waals surface area contributed by atoms with Crippen molar-refractivity contribution >= 4 is 5.97 Å². The zero-order valence-electron chi connectivity index (χ0n) is 21.4. The Bertz CT molecular complexity index is 840. The Balaban J connectivity index is 1.38. The van der Waals surface area contributed by atoms with Crippen LogP contribution < -0.4 is 5.32 Å². The highest BCUT2D eigenvalue weighted by molar-refractivity contribution is 5.66. The van der Waals surface area contributed by atoms with Gasteiger partial charge in [0.1, 0.15) is 6.10 Å². The number of aliphatic hydroxyl groups excluding tert-OH is 1. The molecule has 0 bridgehead atoms. The largest absolute Gasteiger partial charge is 0.462 e. The summed E-state index contributed by atoms with van der Waals surface area (Å²) in [6.07, 6.45) is 13.5. The molecule has 184 valence electrons. The molecule has 0 radical (unpaired) electrons. The number of esters is 1. The van der Waals surface area contributed by atoms with Crippen LogP contribution in [0.15, 0.2) is 23.3 Å². The summed E-state index contributed by atoms with van der Waals surface area (Å²) in [6, 6.07) is 0.505. The van der Waals surface area contributed by atoms with Crippen molar-refractivity contribution in [2.75, 3.05) is 6.54 Å². The minimum absolute atomic E-state index is 0.0521. The summed E-state index contributed by atoms with van der Waals surface area (Å²) in [6.45, 7) is 12.2. The van der Waals surface area contributed by atoms with Gasteiger partial charge in [0, 0.05) is 24.8 Å². The topological polar surface area (TPSA) is 58.6 Å². The van der Waals surface area contributed by atoms with Crippen LogP contribution in [0, 0.1) is 40.4 Å². The maximum Gasteiger partial charge on any atom is 0.302 e. The van der Waals surface area contributed by atoms with E-state index < -0.39 is 0 Å². The number of piperidine rings is 1. The number of fused-ring (bicyclic) bond motifs is 5. The van der Waals surface area contributed by atoms with Crippen LogP contribution in [0.4, 0.5) is 0 Å². The number of aliphatic hydroxyl groups is 1. The normalized spacial score (nSPS) is 48.0. The van der Waals surface area contributed by atoms with Gasteiger partial charge in [-0.2, -0.15) is 0 Å². The first-order chi connectivity index (χ1) is 15.6. The Kier molecular flexibility index (Phi) is 6.09. The summed E-state index contributed by atoms with van der Waals surface area (Å²) in [4.78, 5) is 11.5. The van der Waals surface area contributed by atoms with E-state index in [9.17, 15) is 9.90 Å². The predicted octanol–water partition coefficient (Wildman–Crippen LogP) is 5.41. The van der Waals surface area contributed by atoms with Gasteiger partial charge in [0.2, 0.25) is 0 Å². The fraction of sp³-hybridized carbons (Fsp3) is 0.828. The number of hydrogen-bond donors (Lipinski definition) is 2. The maximum absolute atomic E-state index is 11.5. The Hall–Kier alpha value is -1.13. The van der Waals surface area contributed by atoms with Gasteiger partial charge in [0.15, 0.2) is 0 Å². The molecule has 4 aliphatic carbocycles. The van der Waals surface area contributed by atoms with Crippen LogP contribution in [-0.4, -0.2) is 35.9 Å². The van der Waals surface area contributed by atoms with E-state index >= 15 is 0 Å². The molecule has 2 saturated carbocycles. The summed E-state index contributed by atoms with van der Waals surface area (Å²) < 4.78 is 5.59. The third-order valence-corrected chi connectivity index (χ3v) is 11.0. The van der Waals surface area contributed by atoms with Gasteiger partial charge < -0.3 is 15.2 Å². The van der Waals surface area contributed by atoms with Crippen molar-refractivity contribution in [3.8, 4) is 0 Å². The molecular formula is C29H45NO3. The van der Waals surface area contributed by atoms with E-state index in [1.165, 1.54) is 25.3 Å². The van der Waals surface area contributed by atoms with Gasteiger partial charge in [-0.05, 0) is 86.5 Å². The first-order valence-corrected chi connectivity index (χ1v) is 13.6. The zero-order chi connectivity index (χ0) is 23.5. The molecule has 1 saturated heterocycles. The standard InChI is InChI=1S/C29H45NO3/c1-17-6-11-26(30-16-17)18(2)29(5)25-10-9-24-22(23(25)15-27(29)32)8-7-20-14-21(33-19(3)31)12-13-28(20,24)4/h7,10,17-18,21-24,26-27,30,32H,6,8-9,11-16H2,1-5H3/t17-,18+,21-,22-,23-,24-,26-,27-,28-,29-/m0/s1. The van der Waals surface area contributed by atoms with Gasteiger partial charge in [-0.15, -0.1) is 0 Å². The van der Waals surface area contributed by atoms with Gasteiger partial charge in [-0.3, -0.25) is 4.79 Å². The molecule has 0 unspecified atom stereocenters. The molecule has 4 nitrogen and oxygen atoms in total. The Morgan fingerprint density at radius 1 is 1.21 bits per heavy atom. The highest BCUT2D eigenvalue weighted by atomic mass is 16.5. The third-order valence-electron chi connectivity index (χ3n) is 11.0. The van der Waals surface area contributed by atoms with Crippen molar-refractivity contribution in [3.05, 3.63) is 23.3 Å². The summed E-state index contributed by atoms with van der Waals surface area (Å²) >= 11 is 0. The quantitative estimate of drug-likeness (QED) is 0.441. The van der Waals surface area contributed by atoms with Crippen molar-refractivity contribution in [2.45, 2.75) is 104 Å². The fourth-order valence-corrected chi connectivity index (χ4v) is 8.74. The molecule has 4 heteroatoms. The number of carbonyl (C=O) groups is 1. The minimum atomic E-state index is -0.249. The van der Waals surface area contributed by atoms with Crippen LogP contribution in [0.3, 0.4) is 0 Å². The molecule has 1 aliphatic heterocycles. The lowest BCUT2D eigenvalue weighted by Gasteiger charge is -2.54. The summed E-state index contributed by atoms with van der Waals surface area (Å²) in [5.74, 6) is 2.83. The van der Waals surface area contributed by atoms with E-state index in [2.05, 4.69) is 45.2 Å². The van der Waals surface area contributed by atoms with Crippen molar-refractivity contribution in [1.29, 1.82) is 0 Å². The Labute approximate surface area is 200 Å². The van der Waals surface area contributed by atoms with Crippen LogP contribution in [0.25, 0.3) is 0 Å². The molecule has 10 atom stereocenters. The van der Waals surface area contributed by atoms with Crippen molar-refractivity contribution in [1.82, 2.24) is 5.32 Å². The highest BCUT2D eigenvalue weighted by Gasteiger charge is 2.58. The number of carbonyl (C=O) groups excluding carboxylic acids is 1. The molecule has 1 heterocycles. The average molecular weight is 456 g/mol. The van der Waals surface area contributed by atoms with Gasteiger partial charge in [0.25, 0.3) is 0 Å². The summed E-state index contributed by atoms with van der Waals surface area (Å²) in [7, 11) is 0. The molecule has 0 spiro atoms.